The fraction of sp³-hybridized carbons (Fsp3) is 0.188. The lowest BCUT2D eigenvalue weighted by Gasteiger charge is -2.15. The number of rotatable bonds is 2. The third kappa shape index (κ3) is 2.76. The van der Waals surface area contributed by atoms with E-state index in [1.807, 2.05) is 0 Å². The van der Waals surface area contributed by atoms with Crippen LogP contribution in [-0.4, -0.2) is 11.0 Å². The van der Waals surface area contributed by atoms with Gasteiger partial charge in [-0.05, 0) is 54.3 Å². The van der Waals surface area contributed by atoms with Crippen LogP contribution in [0.4, 0.5) is 4.39 Å². The van der Waals surface area contributed by atoms with Gasteiger partial charge >= 0.3 is 0 Å². The number of hydrogen-bond acceptors (Lipinski definition) is 2. The Hall–Kier alpha value is -1.78. The van der Waals surface area contributed by atoms with E-state index in [1.165, 1.54) is 24.3 Å². The zero-order chi connectivity index (χ0) is 15.9. The van der Waals surface area contributed by atoms with Gasteiger partial charge in [0.2, 0.25) is 0 Å². The second-order valence-electron chi connectivity index (χ2n) is 5.18. The SMILES string of the molecule is O=C(N[C@@H]1CCc2c(F)cc(Cl)cc21)c1cc(Cl)ccc1O. The van der Waals surface area contributed by atoms with Crippen molar-refractivity contribution in [1.29, 1.82) is 0 Å². The standard InChI is InChI=1S/C16H12Cl2FNO2/c17-8-1-4-15(21)12(5-8)16(22)20-14-3-2-10-11(14)6-9(18)7-13(10)19/h1,4-7,14,21H,2-3H2,(H,20,22)/t14-/m1/s1. The molecule has 2 N–H and O–H groups in total. The molecule has 22 heavy (non-hydrogen) atoms. The fourth-order valence-electron chi connectivity index (χ4n) is 2.72. The molecule has 0 aromatic heterocycles. The average molecular weight is 340 g/mol. The highest BCUT2D eigenvalue weighted by Crippen LogP contribution is 2.35. The summed E-state index contributed by atoms with van der Waals surface area (Å²) in [6, 6.07) is 6.84. The summed E-state index contributed by atoms with van der Waals surface area (Å²) in [5, 5.41) is 13.2. The highest BCUT2D eigenvalue weighted by molar-refractivity contribution is 6.31. The van der Waals surface area contributed by atoms with E-state index in [9.17, 15) is 14.3 Å². The minimum atomic E-state index is -0.460. The van der Waals surface area contributed by atoms with E-state index in [0.29, 0.717) is 34.0 Å². The summed E-state index contributed by atoms with van der Waals surface area (Å²) in [4.78, 5) is 12.3. The first-order valence-corrected chi connectivity index (χ1v) is 7.48. The van der Waals surface area contributed by atoms with Crippen molar-refractivity contribution in [2.75, 3.05) is 0 Å². The number of fused-ring (bicyclic) bond motifs is 1. The molecule has 6 heteroatoms. The van der Waals surface area contributed by atoms with E-state index >= 15 is 0 Å². The monoisotopic (exact) mass is 339 g/mol. The van der Waals surface area contributed by atoms with Crippen molar-refractivity contribution >= 4 is 29.1 Å². The smallest absolute Gasteiger partial charge is 0.255 e. The van der Waals surface area contributed by atoms with Crippen LogP contribution in [0.3, 0.4) is 0 Å². The minimum Gasteiger partial charge on any atom is -0.507 e. The second kappa shape index (κ2) is 5.78. The van der Waals surface area contributed by atoms with Gasteiger partial charge in [0, 0.05) is 10.0 Å². The van der Waals surface area contributed by atoms with E-state index in [2.05, 4.69) is 5.32 Å². The van der Waals surface area contributed by atoms with Gasteiger partial charge in [0.15, 0.2) is 0 Å². The number of benzene rings is 2. The van der Waals surface area contributed by atoms with Gasteiger partial charge < -0.3 is 10.4 Å². The van der Waals surface area contributed by atoms with Gasteiger partial charge in [0.25, 0.3) is 5.91 Å². The molecule has 1 amide bonds. The second-order valence-corrected chi connectivity index (χ2v) is 6.05. The largest absolute Gasteiger partial charge is 0.507 e. The summed E-state index contributed by atoms with van der Waals surface area (Å²) >= 11 is 11.7. The van der Waals surface area contributed by atoms with Crippen LogP contribution in [0.25, 0.3) is 0 Å². The van der Waals surface area contributed by atoms with Gasteiger partial charge in [0.1, 0.15) is 11.6 Å². The topological polar surface area (TPSA) is 49.3 Å². The Morgan fingerprint density at radius 2 is 2.00 bits per heavy atom. The number of carbonyl (C=O) groups is 1. The molecule has 1 atom stereocenters. The predicted octanol–water partition coefficient (Wildman–Crippen LogP) is 4.26. The van der Waals surface area contributed by atoms with Crippen LogP contribution in [0.1, 0.15) is 33.9 Å². The Balaban J connectivity index is 1.87. The first-order chi connectivity index (χ1) is 10.5. The van der Waals surface area contributed by atoms with Gasteiger partial charge in [-0.2, -0.15) is 0 Å². The molecular formula is C16H12Cl2FNO2. The third-order valence-corrected chi connectivity index (χ3v) is 4.22. The van der Waals surface area contributed by atoms with Crippen molar-refractivity contribution in [3.05, 3.63) is 62.9 Å². The number of phenolic OH excluding ortho intramolecular Hbond substituents is 1. The summed E-state index contributed by atoms with van der Waals surface area (Å²) in [6.45, 7) is 0. The van der Waals surface area contributed by atoms with Crippen molar-refractivity contribution in [3.63, 3.8) is 0 Å². The zero-order valence-electron chi connectivity index (χ0n) is 11.4. The van der Waals surface area contributed by atoms with Gasteiger partial charge in [-0.3, -0.25) is 4.79 Å². The quantitative estimate of drug-likeness (QED) is 0.858. The molecule has 1 aliphatic carbocycles. The number of nitrogens with one attached hydrogen (secondary N) is 1. The van der Waals surface area contributed by atoms with Crippen molar-refractivity contribution in [2.45, 2.75) is 18.9 Å². The summed E-state index contributed by atoms with van der Waals surface area (Å²) in [6.07, 6.45) is 1.12. The van der Waals surface area contributed by atoms with Crippen molar-refractivity contribution < 1.29 is 14.3 Å². The molecule has 0 radical (unpaired) electrons. The summed E-state index contributed by atoms with van der Waals surface area (Å²) in [7, 11) is 0. The normalized spacial score (nSPS) is 16.4. The summed E-state index contributed by atoms with van der Waals surface area (Å²) < 4.78 is 13.8. The van der Waals surface area contributed by atoms with Crippen LogP contribution in [0.15, 0.2) is 30.3 Å². The van der Waals surface area contributed by atoms with E-state index in [0.717, 1.165) is 0 Å². The number of amides is 1. The van der Waals surface area contributed by atoms with Crippen LogP contribution in [0.2, 0.25) is 10.0 Å². The maximum atomic E-state index is 13.8. The van der Waals surface area contributed by atoms with Gasteiger partial charge in [-0.1, -0.05) is 23.2 Å². The highest BCUT2D eigenvalue weighted by Gasteiger charge is 2.28. The molecule has 2 aromatic carbocycles. The van der Waals surface area contributed by atoms with E-state index < -0.39 is 5.91 Å². The Bertz CT molecular complexity index is 764. The maximum Gasteiger partial charge on any atom is 0.255 e. The molecule has 0 fully saturated rings. The molecule has 1 aliphatic rings. The lowest BCUT2D eigenvalue weighted by Crippen LogP contribution is -2.27. The minimum absolute atomic E-state index is 0.0865. The molecule has 0 spiro atoms. The Morgan fingerprint density at radius 1 is 1.23 bits per heavy atom. The number of hydrogen-bond donors (Lipinski definition) is 2. The van der Waals surface area contributed by atoms with Crippen LogP contribution < -0.4 is 5.32 Å². The lowest BCUT2D eigenvalue weighted by atomic mass is 10.1. The highest BCUT2D eigenvalue weighted by atomic mass is 35.5. The Morgan fingerprint density at radius 3 is 2.77 bits per heavy atom. The predicted molar refractivity (Wildman–Crippen MR) is 83.1 cm³/mol. The molecule has 0 heterocycles. The molecule has 3 nitrogen and oxygen atoms in total. The number of halogens is 3. The van der Waals surface area contributed by atoms with Gasteiger partial charge in [-0.15, -0.1) is 0 Å². The van der Waals surface area contributed by atoms with E-state index in [-0.39, 0.29) is 23.2 Å². The van der Waals surface area contributed by atoms with Crippen molar-refractivity contribution in [1.82, 2.24) is 5.32 Å². The summed E-state index contributed by atoms with van der Waals surface area (Å²) in [5.41, 5.74) is 1.34. The number of carbonyl (C=O) groups excluding carboxylic acids is 1. The number of phenols is 1. The molecule has 114 valence electrons. The molecule has 0 saturated carbocycles. The average Bonchev–Trinajstić information content (AvgIpc) is 2.85. The van der Waals surface area contributed by atoms with Crippen LogP contribution in [-0.2, 0) is 6.42 Å². The third-order valence-electron chi connectivity index (χ3n) is 3.76. The first kappa shape index (κ1) is 15.1. The molecule has 2 aromatic rings. The molecule has 0 unspecified atom stereocenters. The maximum absolute atomic E-state index is 13.8. The van der Waals surface area contributed by atoms with Gasteiger partial charge in [0.05, 0.1) is 11.6 Å². The molecule has 3 rings (SSSR count). The molecule has 0 aliphatic heterocycles. The first-order valence-electron chi connectivity index (χ1n) is 6.73. The summed E-state index contributed by atoms with van der Waals surface area (Å²) in [5.74, 6) is -0.972. The Labute approximate surface area is 136 Å². The van der Waals surface area contributed by atoms with Crippen LogP contribution >= 0.6 is 23.2 Å². The van der Waals surface area contributed by atoms with Gasteiger partial charge in [-0.25, -0.2) is 4.39 Å². The Kier molecular flexibility index (Phi) is 3.98. The van der Waals surface area contributed by atoms with Crippen LogP contribution in [0, 0.1) is 5.82 Å². The lowest BCUT2D eigenvalue weighted by molar-refractivity contribution is 0.0934. The number of aromatic hydroxyl groups is 1. The molecular weight excluding hydrogens is 328 g/mol. The zero-order valence-corrected chi connectivity index (χ0v) is 12.9. The fourth-order valence-corrected chi connectivity index (χ4v) is 3.10. The van der Waals surface area contributed by atoms with E-state index in [4.69, 9.17) is 23.2 Å². The van der Waals surface area contributed by atoms with Crippen molar-refractivity contribution in [3.8, 4) is 5.75 Å². The van der Waals surface area contributed by atoms with E-state index in [1.54, 1.807) is 6.07 Å². The van der Waals surface area contributed by atoms with Crippen LogP contribution in [0.5, 0.6) is 5.75 Å². The molecule has 0 saturated heterocycles. The van der Waals surface area contributed by atoms with Crippen molar-refractivity contribution in [2.24, 2.45) is 0 Å². The molecule has 0 bridgehead atoms.